The first-order valence-corrected chi connectivity index (χ1v) is 11.0. The Hall–Kier alpha value is -2.56. The summed E-state index contributed by atoms with van der Waals surface area (Å²) in [5.41, 5.74) is 9.56. The molecule has 0 saturated carbocycles. The summed E-state index contributed by atoms with van der Waals surface area (Å²) in [5, 5.41) is 2.16. The van der Waals surface area contributed by atoms with Crippen LogP contribution in [-0.4, -0.2) is 9.97 Å². The van der Waals surface area contributed by atoms with E-state index >= 15 is 0 Å². The number of thiazole rings is 2. The van der Waals surface area contributed by atoms with Crippen LogP contribution in [-0.2, 0) is 0 Å². The van der Waals surface area contributed by atoms with Crippen LogP contribution in [0, 0.1) is 27.7 Å². The van der Waals surface area contributed by atoms with Crippen LogP contribution in [0.25, 0.3) is 41.6 Å². The third-order valence-electron chi connectivity index (χ3n) is 5.24. The standard InChI is InChI=1S/C24H20N2S2/c1-13-5-9-17(10-6-13)23-25-19-15(3)20-22(16(4)21(19)27-23)28-24(26-20)18-11-7-14(2)8-12-18/h5-12H,1-4H3. The van der Waals surface area contributed by atoms with Gasteiger partial charge in [0.2, 0.25) is 0 Å². The van der Waals surface area contributed by atoms with Crippen molar-refractivity contribution in [2.45, 2.75) is 27.7 Å². The first kappa shape index (κ1) is 17.5. The maximum Gasteiger partial charge on any atom is 0.124 e. The molecule has 5 aromatic rings. The third kappa shape index (κ3) is 2.76. The second-order valence-electron chi connectivity index (χ2n) is 7.38. The van der Waals surface area contributed by atoms with Gasteiger partial charge in [0.05, 0.1) is 20.4 Å². The molecule has 0 aliphatic heterocycles. The molecule has 28 heavy (non-hydrogen) atoms. The van der Waals surface area contributed by atoms with Crippen LogP contribution in [0.15, 0.2) is 48.5 Å². The van der Waals surface area contributed by atoms with Crippen molar-refractivity contribution < 1.29 is 0 Å². The van der Waals surface area contributed by atoms with E-state index in [1.165, 1.54) is 42.8 Å². The van der Waals surface area contributed by atoms with Gasteiger partial charge in [-0.2, -0.15) is 0 Å². The molecule has 3 aromatic carbocycles. The SMILES string of the molecule is Cc1ccc(-c2nc3c(C)c4nc(-c5ccc(C)cc5)sc4c(C)c3s2)cc1. The van der Waals surface area contributed by atoms with E-state index < -0.39 is 0 Å². The Labute approximate surface area is 172 Å². The first-order chi connectivity index (χ1) is 13.5. The molecule has 0 aliphatic carbocycles. The molecular formula is C24H20N2S2. The predicted octanol–water partition coefficient (Wildman–Crippen LogP) is 7.47. The molecule has 2 aromatic heterocycles. The normalized spacial score (nSPS) is 11.6. The van der Waals surface area contributed by atoms with E-state index in [0.717, 1.165) is 21.0 Å². The molecule has 0 saturated heterocycles. The molecule has 0 fully saturated rings. The zero-order valence-electron chi connectivity index (χ0n) is 16.3. The van der Waals surface area contributed by atoms with Crippen LogP contribution in [0.5, 0.6) is 0 Å². The van der Waals surface area contributed by atoms with Crippen LogP contribution >= 0.6 is 22.7 Å². The maximum atomic E-state index is 5.00. The fourth-order valence-electron chi connectivity index (χ4n) is 3.51. The molecule has 138 valence electrons. The smallest absolute Gasteiger partial charge is 0.124 e. The molecule has 2 nitrogen and oxygen atoms in total. The highest BCUT2D eigenvalue weighted by Crippen LogP contribution is 2.42. The predicted molar refractivity (Wildman–Crippen MR) is 123 cm³/mol. The number of fused-ring (bicyclic) bond motifs is 2. The van der Waals surface area contributed by atoms with Crippen molar-refractivity contribution in [1.82, 2.24) is 9.97 Å². The highest BCUT2D eigenvalue weighted by molar-refractivity contribution is 7.24. The van der Waals surface area contributed by atoms with Gasteiger partial charge in [-0.25, -0.2) is 9.97 Å². The minimum Gasteiger partial charge on any atom is -0.236 e. The average Bonchev–Trinajstić information content (AvgIpc) is 3.33. The van der Waals surface area contributed by atoms with Gasteiger partial charge in [0.25, 0.3) is 0 Å². The Kier molecular flexibility index (Phi) is 4.07. The largest absolute Gasteiger partial charge is 0.236 e. The van der Waals surface area contributed by atoms with Crippen LogP contribution in [0.2, 0.25) is 0 Å². The van der Waals surface area contributed by atoms with Crippen LogP contribution in [0.3, 0.4) is 0 Å². The zero-order chi connectivity index (χ0) is 19.4. The van der Waals surface area contributed by atoms with Gasteiger partial charge in [-0.15, -0.1) is 22.7 Å². The summed E-state index contributed by atoms with van der Waals surface area (Å²) in [7, 11) is 0. The summed E-state index contributed by atoms with van der Waals surface area (Å²) in [5.74, 6) is 0. The van der Waals surface area contributed by atoms with Crippen molar-refractivity contribution in [3.8, 4) is 21.1 Å². The summed E-state index contributed by atoms with van der Waals surface area (Å²) in [4.78, 5) is 10.00. The van der Waals surface area contributed by atoms with Crippen LogP contribution in [0.4, 0.5) is 0 Å². The Morgan fingerprint density at radius 1 is 0.536 bits per heavy atom. The van der Waals surface area contributed by atoms with E-state index in [0.29, 0.717) is 0 Å². The summed E-state index contributed by atoms with van der Waals surface area (Å²) in [6.45, 7) is 8.59. The lowest BCUT2D eigenvalue weighted by Crippen LogP contribution is -1.84. The molecule has 5 rings (SSSR count). The number of rotatable bonds is 2. The number of aromatic nitrogens is 2. The lowest BCUT2D eigenvalue weighted by Gasteiger charge is -2.00. The van der Waals surface area contributed by atoms with Gasteiger partial charge in [-0.1, -0.05) is 59.7 Å². The third-order valence-corrected chi connectivity index (χ3v) is 7.69. The molecule has 0 atom stereocenters. The molecular weight excluding hydrogens is 380 g/mol. The quantitative estimate of drug-likeness (QED) is 0.307. The lowest BCUT2D eigenvalue weighted by molar-refractivity contribution is 1.38. The number of hydrogen-bond donors (Lipinski definition) is 0. The van der Waals surface area contributed by atoms with E-state index in [1.807, 2.05) is 0 Å². The fourth-order valence-corrected chi connectivity index (χ4v) is 5.85. The van der Waals surface area contributed by atoms with Crippen molar-refractivity contribution in [3.05, 3.63) is 70.8 Å². The Balaban J connectivity index is 1.71. The van der Waals surface area contributed by atoms with Gasteiger partial charge in [-0.3, -0.25) is 0 Å². The van der Waals surface area contributed by atoms with E-state index in [1.54, 1.807) is 22.7 Å². The van der Waals surface area contributed by atoms with E-state index in [2.05, 4.69) is 76.2 Å². The average molecular weight is 401 g/mol. The molecule has 4 heteroatoms. The van der Waals surface area contributed by atoms with Crippen molar-refractivity contribution in [2.24, 2.45) is 0 Å². The number of benzene rings is 3. The molecule has 0 amide bonds. The topological polar surface area (TPSA) is 25.8 Å². The highest BCUT2D eigenvalue weighted by atomic mass is 32.1. The second kappa shape index (κ2) is 6.50. The summed E-state index contributed by atoms with van der Waals surface area (Å²) in [6, 6.07) is 17.2. The van der Waals surface area contributed by atoms with Crippen molar-refractivity contribution in [3.63, 3.8) is 0 Å². The van der Waals surface area contributed by atoms with E-state index in [9.17, 15) is 0 Å². The van der Waals surface area contributed by atoms with E-state index in [-0.39, 0.29) is 0 Å². The van der Waals surface area contributed by atoms with Gasteiger partial charge < -0.3 is 0 Å². The number of hydrogen-bond acceptors (Lipinski definition) is 4. The Morgan fingerprint density at radius 2 is 0.929 bits per heavy atom. The van der Waals surface area contributed by atoms with Crippen molar-refractivity contribution in [2.75, 3.05) is 0 Å². The first-order valence-electron chi connectivity index (χ1n) is 9.35. The fraction of sp³-hybridized carbons (Fsp3) is 0.167. The molecule has 0 bridgehead atoms. The number of aryl methyl sites for hydroxylation is 4. The van der Waals surface area contributed by atoms with Gasteiger partial charge in [0.15, 0.2) is 0 Å². The molecule has 0 spiro atoms. The molecule has 0 aliphatic rings. The Morgan fingerprint density at radius 3 is 1.32 bits per heavy atom. The molecule has 0 unspecified atom stereocenters. The second-order valence-corrected chi connectivity index (χ2v) is 9.37. The lowest BCUT2D eigenvalue weighted by atomic mass is 10.1. The minimum atomic E-state index is 1.08. The van der Waals surface area contributed by atoms with Gasteiger partial charge >= 0.3 is 0 Å². The minimum absolute atomic E-state index is 1.08. The monoisotopic (exact) mass is 400 g/mol. The summed E-state index contributed by atoms with van der Waals surface area (Å²) in [6.07, 6.45) is 0. The molecule has 0 radical (unpaired) electrons. The summed E-state index contributed by atoms with van der Waals surface area (Å²) < 4.78 is 2.55. The van der Waals surface area contributed by atoms with Gasteiger partial charge in [-0.05, 0) is 33.3 Å². The highest BCUT2D eigenvalue weighted by Gasteiger charge is 2.18. The Bertz CT molecular complexity index is 1170. The molecule has 2 heterocycles. The summed E-state index contributed by atoms with van der Waals surface area (Å²) >= 11 is 3.57. The zero-order valence-corrected chi connectivity index (χ0v) is 18.0. The van der Waals surface area contributed by atoms with Crippen molar-refractivity contribution >= 4 is 43.1 Å². The van der Waals surface area contributed by atoms with Gasteiger partial charge in [0, 0.05) is 16.7 Å². The molecule has 0 N–H and O–H groups in total. The maximum absolute atomic E-state index is 5.00. The van der Waals surface area contributed by atoms with E-state index in [4.69, 9.17) is 9.97 Å². The number of nitrogens with zero attached hydrogens (tertiary/aromatic N) is 2. The van der Waals surface area contributed by atoms with Gasteiger partial charge in [0.1, 0.15) is 10.0 Å². The van der Waals surface area contributed by atoms with Crippen LogP contribution in [0.1, 0.15) is 22.3 Å². The van der Waals surface area contributed by atoms with Crippen LogP contribution < -0.4 is 0 Å². The van der Waals surface area contributed by atoms with Crippen molar-refractivity contribution in [1.29, 1.82) is 0 Å².